The maximum absolute atomic E-state index is 12.1. The van der Waals surface area contributed by atoms with Gasteiger partial charge in [0.15, 0.2) is 34.0 Å². The first-order chi connectivity index (χ1) is 58.2. The molecule has 0 radical (unpaired) electrons. The highest BCUT2D eigenvalue weighted by Gasteiger charge is 2.18. The molecule has 1 fully saturated rings. The molecule has 8 aromatic carbocycles. The van der Waals surface area contributed by atoms with E-state index in [1.54, 1.807) is 18.2 Å². The van der Waals surface area contributed by atoms with E-state index in [4.69, 9.17) is 61.0 Å². The fourth-order valence-electron chi connectivity index (χ4n) is 12.7. The highest BCUT2D eigenvalue weighted by atomic mass is 32.2. The zero-order valence-corrected chi connectivity index (χ0v) is 74.9. The topological polar surface area (TPSA) is 322 Å². The average Bonchev–Trinajstić information content (AvgIpc) is 0.791. The Morgan fingerprint density at radius 2 is 0.916 bits per heavy atom. The number of unbranched alkanes of at least 4 members (excludes halogenated alkanes) is 17. The van der Waals surface area contributed by atoms with Crippen LogP contribution in [0.5, 0.6) is 11.5 Å². The highest BCUT2D eigenvalue weighted by molar-refractivity contribution is 7.94. The smallest absolute Gasteiger partial charge is 0.191 e. The van der Waals surface area contributed by atoms with Gasteiger partial charge in [0.1, 0.15) is 27.6 Å². The second kappa shape index (κ2) is 65.8. The number of nitrogens with two attached hydrogens (primary N) is 6. The number of aliphatic imine (C=N–C) groups is 1. The van der Waals surface area contributed by atoms with Gasteiger partial charge < -0.3 is 14.4 Å². The Morgan fingerprint density at radius 3 is 1.50 bits per heavy atom. The molecule has 0 aliphatic carbocycles. The van der Waals surface area contributed by atoms with E-state index in [9.17, 15) is 4.21 Å². The van der Waals surface area contributed by atoms with Crippen molar-refractivity contribution in [1.82, 2.24) is 10.1 Å². The molecule has 648 valence electrons. The van der Waals surface area contributed by atoms with Crippen molar-refractivity contribution < 1.29 is 65.2 Å². The van der Waals surface area contributed by atoms with Crippen LogP contribution >= 0.6 is 12.0 Å². The van der Waals surface area contributed by atoms with E-state index in [1.807, 2.05) is 97.8 Å². The summed E-state index contributed by atoms with van der Waals surface area (Å²) in [5.74, 6) is 1.42. The summed E-state index contributed by atoms with van der Waals surface area (Å²) in [7, 11) is 0. The van der Waals surface area contributed by atoms with Gasteiger partial charge in [0, 0.05) is 60.6 Å². The monoisotopic (exact) mass is 1670 g/mol. The van der Waals surface area contributed by atoms with Crippen LogP contribution in [0.3, 0.4) is 0 Å². The molecule has 1 aliphatic heterocycles. The molecule has 8 aromatic rings. The van der Waals surface area contributed by atoms with Gasteiger partial charge in [-0.1, -0.05) is 248 Å². The predicted octanol–water partition coefficient (Wildman–Crippen LogP) is 20.1. The predicted molar refractivity (Wildman–Crippen MR) is 484 cm³/mol. The number of fused-ring (bicyclic) bond motifs is 1. The summed E-state index contributed by atoms with van der Waals surface area (Å²) in [5, 5.41) is 28.8. The SMILES string of the molecule is C=Nc1ccc(N=[NH2+])c(S(=O)OCCCCCCCC)c1.CCCCCCN(CCCCCC)OCc1ccc(N=[NH2+])c(OCCCC)c1.CCCCCCOc1cc(SOON(CCCC)CCCC)ccc1N=[NH2+].Cc1ccc(N=[NH2+])c(C)c1.[NH2+]=Nc1ccc(Cc2ccccc2)cc1.[NH2+]=Nc1ccc(N2CCCCC2)c2ccccc12. The lowest BCUT2D eigenvalue weighted by Crippen LogP contribution is -2.29. The van der Waals surface area contributed by atoms with Gasteiger partial charge in [0.25, 0.3) is 0 Å². The van der Waals surface area contributed by atoms with Gasteiger partial charge in [-0.2, -0.15) is 43.3 Å². The molecule has 9 rings (SSSR count). The summed E-state index contributed by atoms with van der Waals surface area (Å²) in [6.07, 6.45) is 33.1. The molecule has 23 nitrogen and oxygen atoms in total. The Hall–Kier alpha value is -9.05. The number of anilines is 1. The lowest BCUT2D eigenvalue weighted by molar-refractivity contribution is -0.360. The maximum Gasteiger partial charge on any atom is 0.191 e. The van der Waals surface area contributed by atoms with Gasteiger partial charge in [0.05, 0.1) is 44.2 Å². The second-order valence-corrected chi connectivity index (χ2v) is 31.4. The Morgan fingerprint density at radius 1 is 0.429 bits per heavy atom. The first-order valence-corrected chi connectivity index (χ1v) is 45.3. The zero-order valence-electron chi connectivity index (χ0n) is 73.3. The van der Waals surface area contributed by atoms with Crippen molar-refractivity contribution in [2.24, 2.45) is 35.7 Å². The van der Waals surface area contributed by atoms with Gasteiger partial charge in [-0.25, -0.2) is 4.21 Å². The van der Waals surface area contributed by atoms with Crippen LogP contribution in [-0.4, -0.2) is 80.1 Å². The molecule has 1 unspecified atom stereocenters. The molecule has 12 N–H and O–H groups in total. The van der Waals surface area contributed by atoms with E-state index >= 15 is 0 Å². The first-order valence-electron chi connectivity index (χ1n) is 43.5. The quantitative estimate of drug-likeness (QED) is 0.00520. The van der Waals surface area contributed by atoms with Crippen LogP contribution in [-0.2, 0) is 42.5 Å². The van der Waals surface area contributed by atoms with Gasteiger partial charge in [-0.3, -0.25) is 14.0 Å². The molecule has 1 atom stereocenters. The average molecular weight is 1670 g/mol. The number of hydrogen-bond acceptors (Lipinski definition) is 18. The van der Waals surface area contributed by atoms with Crippen LogP contribution in [0.2, 0.25) is 0 Å². The van der Waals surface area contributed by atoms with Crippen molar-refractivity contribution in [2.75, 3.05) is 64.0 Å². The van der Waals surface area contributed by atoms with Crippen molar-refractivity contribution in [3.63, 3.8) is 0 Å². The minimum atomic E-state index is -1.58. The van der Waals surface area contributed by atoms with E-state index in [-0.39, 0.29) is 0 Å². The summed E-state index contributed by atoms with van der Waals surface area (Å²) in [5.41, 5.74) is 44.3. The molecule has 1 aliphatic rings. The molecule has 0 saturated carbocycles. The van der Waals surface area contributed by atoms with E-state index in [0.29, 0.717) is 59.8 Å². The van der Waals surface area contributed by atoms with Gasteiger partial charge >= 0.3 is 0 Å². The van der Waals surface area contributed by atoms with Crippen molar-refractivity contribution >= 4 is 86.1 Å². The molecule has 0 amide bonds. The number of hydroxylamine groups is 4. The van der Waals surface area contributed by atoms with E-state index in [1.165, 1.54) is 155 Å². The number of hydrogen-bond donors (Lipinski definition) is 6. The largest absolute Gasteiger partial charge is 0.491 e. The molecule has 25 heteroatoms. The van der Waals surface area contributed by atoms with Crippen LogP contribution in [0.25, 0.3) is 10.8 Å². The standard InChI is InChI=1S/C23H41N3O2.C20H35N3O3S.C15H23N3O2S.C15H17N3.C13H12N2.C8H10N2/c1-4-7-10-12-16-26(17-13-11-8-5-2)28-20-21-14-15-22(25-24)23(19-21)27-18-9-6-3;1-4-7-10-11-16-24-20-17-18(12-13-19(20)22-21)27-26-25-23(14-8-5-2)15-9-6-3;1-3-4-5-6-7-8-11-20-21(19)15-12-13(17-2)9-10-14(15)18-16;16-17-14-8-9-15(18-10-4-1-5-11-18)13-7-3-2-6-12(13)14;14-15-13-8-6-12(7-9-13)10-11-4-2-1-3-5-11;1-6-3-4-8(10-9)7(2)5-6/h14-15,19,24H,4-13,16-18,20H2,1-3H3;12-13,17,21H,4-11,14-16H2,1-3H3;9-10,12,16H,2-8,11H2,1H3;2-3,6-9,16H,1,4-5,10-11H2;1-9,14H,10H2;3-5,9H,1-2H3/p+6. The summed E-state index contributed by atoms with van der Waals surface area (Å²) in [6, 6.07) is 53.4. The van der Waals surface area contributed by atoms with Crippen LogP contribution in [0, 0.1) is 13.8 Å². The molecule has 119 heavy (non-hydrogen) atoms. The fraction of sp³-hybridized carbons (Fsp3) is 0.500. The number of nitrogens with zero attached hydrogens (tertiary/aromatic N) is 10. The van der Waals surface area contributed by atoms with Gasteiger partial charge in [-0.15, -0.1) is 9.32 Å². The third-order valence-corrected chi connectivity index (χ3v) is 21.3. The van der Waals surface area contributed by atoms with E-state index < -0.39 is 11.1 Å². The number of ether oxygens (including phenoxy) is 2. The zero-order chi connectivity index (χ0) is 86.1. The third kappa shape index (κ3) is 42.6. The van der Waals surface area contributed by atoms with Crippen molar-refractivity contribution in [1.29, 1.82) is 0 Å². The number of benzene rings is 8. The normalized spacial score (nSPS) is 11.7. The van der Waals surface area contributed by atoms with Crippen molar-refractivity contribution in [3.8, 4) is 11.5 Å². The summed E-state index contributed by atoms with van der Waals surface area (Å²) >= 11 is -0.407. The molecule has 1 saturated heterocycles. The van der Waals surface area contributed by atoms with E-state index in [2.05, 4.69) is 168 Å². The summed E-state index contributed by atoms with van der Waals surface area (Å²) in [4.78, 5) is 19.2. The summed E-state index contributed by atoms with van der Waals surface area (Å²) < 4.78 is 34.6. The Balaban J connectivity index is 0.000000307. The molecular formula is C94H144N16O7S2+6. The molecule has 0 aromatic heterocycles. The lowest BCUT2D eigenvalue weighted by atomic mass is 10.0. The molecule has 0 spiro atoms. The fourth-order valence-corrected chi connectivity index (χ4v) is 14.0. The van der Waals surface area contributed by atoms with E-state index in [0.717, 1.165) is 148 Å². The molecular weight excluding hydrogens is 1530 g/mol. The minimum absolute atomic E-state index is 0.438. The Bertz CT molecular complexity index is 4120. The maximum atomic E-state index is 12.1. The van der Waals surface area contributed by atoms with Crippen LogP contribution in [0.15, 0.2) is 209 Å². The number of rotatable bonds is 52. The number of piperidine rings is 1. The Labute approximate surface area is 718 Å². The number of aryl methyl sites for hydroxylation is 2. The summed E-state index contributed by atoms with van der Waals surface area (Å²) in [6.45, 7) is 31.3. The van der Waals surface area contributed by atoms with Crippen LogP contribution < -0.4 is 47.6 Å². The molecule has 0 bridgehead atoms. The second-order valence-electron chi connectivity index (χ2n) is 29.5. The van der Waals surface area contributed by atoms with Gasteiger partial charge in [-0.05, 0) is 223 Å². The third-order valence-electron chi connectivity index (χ3n) is 19.6. The van der Waals surface area contributed by atoms with Crippen molar-refractivity contribution in [3.05, 3.63) is 192 Å². The lowest BCUT2D eigenvalue weighted by Gasteiger charge is -2.30. The van der Waals surface area contributed by atoms with Crippen LogP contribution in [0.1, 0.15) is 250 Å². The van der Waals surface area contributed by atoms with Gasteiger partial charge in [0.2, 0.25) is 0 Å². The first kappa shape index (κ1) is 102. The minimum Gasteiger partial charge on any atom is -0.491 e. The van der Waals surface area contributed by atoms with Crippen molar-refractivity contribution in [2.45, 2.75) is 258 Å². The molecule has 1 heterocycles. The van der Waals surface area contributed by atoms with Crippen LogP contribution in [0.4, 0.5) is 45.5 Å². The highest BCUT2D eigenvalue weighted by Crippen LogP contribution is 2.36. The Kier molecular flexibility index (Phi) is 56.5.